The van der Waals surface area contributed by atoms with Gasteiger partial charge >= 0.3 is 6.01 Å². The van der Waals surface area contributed by atoms with Crippen molar-refractivity contribution in [2.75, 3.05) is 19.0 Å². The van der Waals surface area contributed by atoms with Crippen LogP contribution in [0.15, 0.2) is 18.2 Å². The maximum absolute atomic E-state index is 13.7. The summed E-state index contributed by atoms with van der Waals surface area (Å²) >= 11 is 0. The first-order chi connectivity index (χ1) is 9.13. The van der Waals surface area contributed by atoms with Crippen LogP contribution in [0.4, 0.5) is 14.7 Å². The molecule has 0 unspecified atom stereocenters. The van der Waals surface area contributed by atoms with Gasteiger partial charge in [0.1, 0.15) is 11.6 Å². The molecule has 2 aromatic rings. The van der Waals surface area contributed by atoms with Crippen LogP contribution in [0.2, 0.25) is 0 Å². The van der Waals surface area contributed by atoms with Gasteiger partial charge in [0.15, 0.2) is 5.82 Å². The van der Waals surface area contributed by atoms with Gasteiger partial charge < -0.3 is 10.1 Å². The van der Waals surface area contributed by atoms with Crippen molar-refractivity contribution in [2.24, 2.45) is 0 Å². The molecule has 0 saturated heterocycles. The lowest BCUT2D eigenvalue weighted by molar-refractivity contribution is 0.379. The second kappa shape index (κ2) is 5.55. The molecule has 1 heterocycles. The molecule has 19 heavy (non-hydrogen) atoms. The summed E-state index contributed by atoms with van der Waals surface area (Å²) in [4.78, 5) is 12.0. The van der Waals surface area contributed by atoms with Gasteiger partial charge in [-0.3, -0.25) is 0 Å². The molecular weight excluding hydrogens is 254 g/mol. The quantitative estimate of drug-likeness (QED) is 0.919. The average Bonchev–Trinajstić information content (AvgIpc) is 2.38. The highest BCUT2D eigenvalue weighted by atomic mass is 19.1. The van der Waals surface area contributed by atoms with Gasteiger partial charge in [-0.15, -0.1) is 0 Å². The van der Waals surface area contributed by atoms with Crippen LogP contribution in [0.1, 0.15) is 6.92 Å². The lowest BCUT2D eigenvalue weighted by Crippen LogP contribution is -2.06. The first-order valence-corrected chi connectivity index (χ1v) is 5.63. The molecule has 100 valence electrons. The fourth-order valence-electron chi connectivity index (χ4n) is 1.48. The molecule has 0 aliphatic heterocycles. The Balaban J connectivity index is 2.51. The lowest BCUT2D eigenvalue weighted by atomic mass is 10.2. The second-order valence-corrected chi connectivity index (χ2v) is 3.62. The minimum Gasteiger partial charge on any atom is -0.467 e. The monoisotopic (exact) mass is 266 g/mol. The van der Waals surface area contributed by atoms with Crippen molar-refractivity contribution >= 4 is 5.95 Å². The Morgan fingerprint density at radius 3 is 2.63 bits per heavy atom. The summed E-state index contributed by atoms with van der Waals surface area (Å²) in [6, 6.07) is 3.25. The van der Waals surface area contributed by atoms with Crippen LogP contribution in [0.3, 0.4) is 0 Å². The van der Waals surface area contributed by atoms with Gasteiger partial charge in [-0.1, -0.05) is 0 Å². The second-order valence-electron chi connectivity index (χ2n) is 3.62. The smallest absolute Gasteiger partial charge is 0.321 e. The molecule has 2 rings (SSSR count). The number of rotatable bonds is 4. The van der Waals surface area contributed by atoms with Crippen molar-refractivity contribution < 1.29 is 13.5 Å². The van der Waals surface area contributed by atoms with Gasteiger partial charge in [0.2, 0.25) is 5.95 Å². The van der Waals surface area contributed by atoms with Crippen molar-refractivity contribution in [2.45, 2.75) is 6.92 Å². The van der Waals surface area contributed by atoms with Gasteiger partial charge in [0.05, 0.1) is 12.7 Å². The minimum atomic E-state index is -0.740. The number of aromatic nitrogens is 3. The van der Waals surface area contributed by atoms with E-state index >= 15 is 0 Å². The van der Waals surface area contributed by atoms with E-state index in [9.17, 15) is 8.78 Å². The zero-order valence-electron chi connectivity index (χ0n) is 10.4. The molecule has 0 aliphatic carbocycles. The maximum Gasteiger partial charge on any atom is 0.321 e. The highest BCUT2D eigenvalue weighted by molar-refractivity contribution is 5.57. The fourth-order valence-corrected chi connectivity index (χ4v) is 1.48. The number of nitrogens with one attached hydrogen (secondary N) is 1. The number of ether oxygens (including phenoxy) is 1. The van der Waals surface area contributed by atoms with Gasteiger partial charge in [0.25, 0.3) is 0 Å². The zero-order valence-corrected chi connectivity index (χ0v) is 10.4. The zero-order chi connectivity index (χ0) is 13.8. The minimum absolute atomic E-state index is 0.0599. The number of halogens is 2. The van der Waals surface area contributed by atoms with E-state index in [1.165, 1.54) is 13.2 Å². The van der Waals surface area contributed by atoms with Crippen molar-refractivity contribution in [3.8, 4) is 17.4 Å². The largest absolute Gasteiger partial charge is 0.467 e. The number of benzene rings is 1. The van der Waals surface area contributed by atoms with Gasteiger partial charge in [0, 0.05) is 12.6 Å². The molecule has 5 nitrogen and oxygen atoms in total. The Kier molecular flexibility index (Phi) is 3.84. The van der Waals surface area contributed by atoms with E-state index in [1.807, 2.05) is 6.92 Å². The van der Waals surface area contributed by atoms with E-state index in [-0.39, 0.29) is 23.3 Å². The third kappa shape index (κ3) is 2.93. The number of anilines is 1. The Bertz CT molecular complexity index is 592. The Morgan fingerprint density at radius 1 is 1.21 bits per heavy atom. The topological polar surface area (TPSA) is 59.9 Å². The molecule has 0 atom stereocenters. The van der Waals surface area contributed by atoms with E-state index in [2.05, 4.69) is 20.3 Å². The summed E-state index contributed by atoms with van der Waals surface area (Å²) < 4.78 is 31.5. The predicted molar refractivity (Wildman–Crippen MR) is 65.9 cm³/mol. The first kappa shape index (κ1) is 13.1. The van der Waals surface area contributed by atoms with E-state index < -0.39 is 11.6 Å². The summed E-state index contributed by atoms with van der Waals surface area (Å²) in [7, 11) is 1.40. The Morgan fingerprint density at radius 2 is 2.00 bits per heavy atom. The molecule has 1 N–H and O–H groups in total. The summed E-state index contributed by atoms with van der Waals surface area (Å²) in [5, 5.41) is 2.88. The lowest BCUT2D eigenvalue weighted by Gasteiger charge is -2.07. The van der Waals surface area contributed by atoms with Crippen LogP contribution in [0.25, 0.3) is 11.4 Å². The molecule has 0 saturated carbocycles. The van der Waals surface area contributed by atoms with Crippen LogP contribution in [0.5, 0.6) is 6.01 Å². The number of hydrogen-bond donors (Lipinski definition) is 1. The highest BCUT2D eigenvalue weighted by Gasteiger charge is 2.13. The van der Waals surface area contributed by atoms with Crippen molar-refractivity contribution in [1.29, 1.82) is 0 Å². The van der Waals surface area contributed by atoms with Crippen molar-refractivity contribution in [1.82, 2.24) is 15.0 Å². The molecular formula is C12H12F2N4O. The Labute approximate surface area is 108 Å². The summed E-state index contributed by atoms with van der Waals surface area (Å²) in [5.41, 5.74) is 0.0845. The van der Waals surface area contributed by atoms with Crippen LogP contribution >= 0.6 is 0 Å². The molecule has 7 heteroatoms. The fraction of sp³-hybridized carbons (Fsp3) is 0.250. The summed E-state index contributed by atoms with van der Waals surface area (Å²) in [5.74, 6) is -1.04. The van der Waals surface area contributed by atoms with Gasteiger partial charge in [-0.2, -0.15) is 15.0 Å². The molecule has 0 radical (unpaired) electrons. The van der Waals surface area contributed by atoms with Crippen LogP contribution < -0.4 is 10.1 Å². The van der Waals surface area contributed by atoms with E-state index in [0.717, 1.165) is 12.1 Å². The predicted octanol–water partition coefficient (Wildman–Crippen LogP) is 2.26. The summed E-state index contributed by atoms with van der Waals surface area (Å²) in [6.45, 7) is 2.47. The first-order valence-electron chi connectivity index (χ1n) is 5.63. The average molecular weight is 266 g/mol. The molecule has 0 spiro atoms. The van der Waals surface area contributed by atoms with Crippen molar-refractivity contribution in [3.63, 3.8) is 0 Å². The van der Waals surface area contributed by atoms with Crippen LogP contribution in [0, 0.1) is 11.6 Å². The molecule has 0 aliphatic rings. The van der Waals surface area contributed by atoms with E-state index in [1.54, 1.807) is 0 Å². The van der Waals surface area contributed by atoms with Gasteiger partial charge in [-0.25, -0.2) is 8.78 Å². The van der Waals surface area contributed by atoms with Crippen molar-refractivity contribution in [3.05, 3.63) is 29.8 Å². The maximum atomic E-state index is 13.7. The van der Waals surface area contributed by atoms with E-state index in [4.69, 9.17) is 4.74 Å². The molecule has 0 amide bonds. The summed E-state index contributed by atoms with van der Waals surface area (Å²) in [6.07, 6.45) is 0. The molecule has 0 fully saturated rings. The number of methoxy groups -OCH3 is 1. The number of nitrogens with zero attached hydrogens (tertiary/aromatic N) is 3. The number of hydrogen-bond acceptors (Lipinski definition) is 5. The molecule has 1 aromatic heterocycles. The molecule has 1 aromatic carbocycles. The third-order valence-corrected chi connectivity index (χ3v) is 2.30. The molecule has 0 bridgehead atoms. The SMILES string of the molecule is CCNc1nc(OC)nc(-c2ccc(F)cc2F)n1. The Hall–Kier alpha value is -2.31. The van der Waals surface area contributed by atoms with E-state index in [0.29, 0.717) is 6.54 Å². The van der Waals surface area contributed by atoms with Crippen LogP contribution in [-0.2, 0) is 0 Å². The van der Waals surface area contributed by atoms with Crippen LogP contribution in [-0.4, -0.2) is 28.6 Å². The standard InChI is InChI=1S/C12H12F2N4O/c1-3-15-11-16-10(17-12(18-11)19-2)8-5-4-7(13)6-9(8)14/h4-6H,3H2,1-2H3,(H,15,16,17,18). The highest BCUT2D eigenvalue weighted by Crippen LogP contribution is 2.22. The van der Waals surface area contributed by atoms with Gasteiger partial charge in [-0.05, 0) is 19.1 Å². The normalized spacial score (nSPS) is 10.3. The third-order valence-electron chi connectivity index (χ3n) is 2.30.